The first-order chi connectivity index (χ1) is 5.20. The summed E-state index contributed by atoms with van der Waals surface area (Å²) >= 11 is 5.09. The van der Waals surface area contributed by atoms with Gasteiger partial charge in [-0.1, -0.05) is 0 Å². The number of halogens is 1. The highest BCUT2D eigenvalue weighted by Gasteiger charge is 2.01. The van der Waals surface area contributed by atoms with Gasteiger partial charge in [-0.25, -0.2) is 0 Å². The Bertz CT molecular complexity index is 254. The SMILES string of the molecule is CC(=O)CCc1ccsc1Br. The van der Waals surface area contributed by atoms with Crippen molar-refractivity contribution in [3.8, 4) is 0 Å². The van der Waals surface area contributed by atoms with Gasteiger partial charge in [0.25, 0.3) is 0 Å². The Labute approximate surface area is 78.6 Å². The van der Waals surface area contributed by atoms with Gasteiger partial charge in [0.2, 0.25) is 0 Å². The highest BCUT2D eigenvalue weighted by Crippen LogP contribution is 2.24. The number of hydrogen-bond acceptors (Lipinski definition) is 2. The Morgan fingerprint density at radius 2 is 2.45 bits per heavy atom. The molecule has 0 aliphatic carbocycles. The minimum Gasteiger partial charge on any atom is -0.300 e. The van der Waals surface area contributed by atoms with Crippen LogP contribution in [0.15, 0.2) is 15.2 Å². The fraction of sp³-hybridized carbons (Fsp3) is 0.375. The van der Waals surface area contributed by atoms with Crippen molar-refractivity contribution in [1.29, 1.82) is 0 Å². The lowest BCUT2D eigenvalue weighted by Crippen LogP contribution is -1.92. The van der Waals surface area contributed by atoms with Crippen molar-refractivity contribution in [2.75, 3.05) is 0 Å². The van der Waals surface area contributed by atoms with Gasteiger partial charge in [-0.2, -0.15) is 0 Å². The first-order valence-electron chi connectivity index (χ1n) is 3.41. The molecule has 3 heteroatoms. The summed E-state index contributed by atoms with van der Waals surface area (Å²) in [5.74, 6) is 0.253. The highest BCUT2D eigenvalue weighted by atomic mass is 79.9. The molecule has 1 nitrogen and oxygen atoms in total. The van der Waals surface area contributed by atoms with Crippen LogP contribution in [0.1, 0.15) is 18.9 Å². The maximum atomic E-state index is 10.6. The van der Waals surface area contributed by atoms with Gasteiger partial charge in [-0.3, -0.25) is 0 Å². The molecule has 1 aromatic rings. The maximum Gasteiger partial charge on any atom is 0.130 e. The lowest BCUT2D eigenvalue weighted by Gasteiger charge is -1.94. The Hall–Kier alpha value is -0.150. The smallest absolute Gasteiger partial charge is 0.130 e. The number of thiophene rings is 1. The van der Waals surface area contributed by atoms with Gasteiger partial charge in [0, 0.05) is 6.42 Å². The minimum atomic E-state index is 0.253. The van der Waals surface area contributed by atoms with Gasteiger partial charge in [0.05, 0.1) is 3.79 Å². The van der Waals surface area contributed by atoms with Crippen molar-refractivity contribution in [3.05, 3.63) is 20.8 Å². The van der Waals surface area contributed by atoms with E-state index < -0.39 is 0 Å². The topological polar surface area (TPSA) is 17.1 Å². The zero-order chi connectivity index (χ0) is 8.27. The van der Waals surface area contributed by atoms with E-state index in [4.69, 9.17) is 0 Å². The number of hydrogen-bond donors (Lipinski definition) is 0. The predicted octanol–water partition coefficient (Wildman–Crippen LogP) is 3.03. The van der Waals surface area contributed by atoms with Crippen molar-refractivity contribution >= 4 is 33.0 Å². The van der Waals surface area contributed by atoms with Crippen LogP contribution in [0.25, 0.3) is 0 Å². The van der Waals surface area contributed by atoms with Crippen LogP contribution >= 0.6 is 27.3 Å². The normalized spacial score (nSPS) is 10.0. The van der Waals surface area contributed by atoms with Crippen LogP contribution in [0, 0.1) is 0 Å². The second kappa shape index (κ2) is 4.02. The molecule has 0 spiro atoms. The van der Waals surface area contributed by atoms with E-state index in [0.29, 0.717) is 6.42 Å². The second-order valence-corrected chi connectivity index (χ2v) is 4.66. The monoisotopic (exact) mass is 232 g/mol. The molecule has 11 heavy (non-hydrogen) atoms. The fourth-order valence-electron chi connectivity index (χ4n) is 0.809. The quantitative estimate of drug-likeness (QED) is 0.784. The third kappa shape index (κ3) is 2.75. The van der Waals surface area contributed by atoms with Gasteiger partial charge < -0.3 is 4.79 Å². The Balaban J connectivity index is 2.51. The lowest BCUT2D eigenvalue weighted by molar-refractivity contribution is -0.116. The summed E-state index contributed by atoms with van der Waals surface area (Å²) < 4.78 is 1.15. The Morgan fingerprint density at radius 1 is 1.73 bits per heavy atom. The van der Waals surface area contributed by atoms with Crippen molar-refractivity contribution < 1.29 is 4.79 Å². The summed E-state index contributed by atoms with van der Waals surface area (Å²) in [5, 5.41) is 2.03. The van der Waals surface area contributed by atoms with Crippen LogP contribution in [-0.2, 0) is 11.2 Å². The third-order valence-electron chi connectivity index (χ3n) is 1.44. The van der Waals surface area contributed by atoms with Crippen LogP contribution in [0.4, 0.5) is 0 Å². The van der Waals surface area contributed by atoms with Gasteiger partial charge in [-0.15, -0.1) is 11.3 Å². The molecule has 0 unspecified atom stereocenters. The summed E-state index contributed by atoms with van der Waals surface area (Å²) in [6, 6.07) is 2.05. The zero-order valence-electron chi connectivity index (χ0n) is 6.26. The number of rotatable bonds is 3. The molecule has 0 aliphatic heterocycles. The number of Topliss-reactive ketones (excluding diaryl/α,β-unsaturated/α-hetero) is 1. The molecule has 0 aromatic carbocycles. The molecule has 0 bridgehead atoms. The van der Waals surface area contributed by atoms with E-state index >= 15 is 0 Å². The number of ketones is 1. The molecular weight excluding hydrogens is 224 g/mol. The molecule has 0 radical (unpaired) electrons. The zero-order valence-corrected chi connectivity index (χ0v) is 8.67. The van der Waals surface area contributed by atoms with Gasteiger partial charge in [0.1, 0.15) is 5.78 Å². The van der Waals surface area contributed by atoms with Crippen LogP contribution in [0.2, 0.25) is 0 Å². The summed E-state index contributed by atoms with van der Waals surface area (Å²) in [6.45, 7) is 1.63. The van der Waals surface area contributed by atoms with E-state index in [9.17, 15) is 4.79 Å². The first-order valence-corrected chi connectivity index (χ1v) is 5.08. The van der Waals surface area contributed by atoms with Gasteiger partial charge in [0.15, 0.2) is 0 Å². The van der Waals surface area contributed by atoms with E-state index in [-0.39, 0.29) is 5.78 Å². The van der Waals surface area contributed by atoms with E-state index in [1.165, 1.54) is 5.56 Å². The third-order valence-corrected chi connectivity index (χ3v) is 3.25. The largest absolute Gasteiger partial charge is 0.300 e. The van der Waals surface area contributed by atoms with Crippen molar-refractivity contribution in [3.63, 3.8) is 0 Å². The molecule has 1 aromatic heterocycles. The molecule has 0 saturated carbocycles. The number of carbonyl (C=O) groups excluding carboxylic acids is 1. The van der Waals surface area contributed by atoms with Crippen LogP contribution in [-0.4, -0.2) is 5.78 Å². The van der Waals surface area contributed by atoms with Crippen molar-refractivity contribution in [2.24, 2.45) is 0 Å². The molecule has 0 saturated heterocycles. The van der Waals surface area contributed by atoms with Crippen LogP contribution in [0.3, 0.4) is 0 Å². The molecule has 0 atom stereocenters. The average molecular weight is 233 g/mol. The maximum absolute atomic E-state index is 10.6. The Morgan fingerprint density at radius 3 is 2.91 bits per heavy atom. The average Bonchev–Trinajstić information content (AvgIpc) is 2.31. The van der Waals surface area contributed by atoms with E-state index in [0.717, 1.165) is 10.2 Å². The molecule has 0 aliphatic rings. The fourth-order valence-corrected chi connectivity index (χ4v) is 2.14. The van der Waals surface area contributed by atoms with Gasteiger partial charge in [-0.05, 0) is 46.3 Å². The van der Waals surface area contributed by atoms with Crippen LogP contribution < -0.4 is 0 Å². The van der Waals surface area contributed by atoms with Crippen molar-refractivity contribution in [2.45, 2.75) is 19.8 Å². The van der Waals surface area contributed by atoms with Gasteiger partial charge >= 0.3 is 0 Å². The molecule has 0 N–H and O–H groups in total. The molecule has 1 rings (SSSR count). The summed E-state index contributed by atoms with van der Waals surface area (Å²) in [5.41, 5.74) is 1.24. The molecular formula is C8H9BrOS. The molecule has 60 valence electrons. The number of aryl methyl sites for hydroxylation is 1. The summed E-state index contributed by atoms with van der Waals surface area (Å²) in [6.07, 6.45) is 1.51. The van der Waals surface area contributed by atoms with E-state index in [2.05, 4.69) is 22.0 Å². The van der Waals surface area contributed by atoms with E-state index in [1.54, 1.807) is 18.3 Å². The molecule has 0 fully saturated rings. The standard InChI is InChI=1S/C8H9BrOS/c1-6(10)2-3-7-4-5-11-8(7)9/h4-5H,2-3H2,1H3. The van der Waals surface area contributed by atoms with Crippen LogP contribution in [0.5, 0.6) is 0 Å². The molecule has 0 amide bonds. The second-order valence-electron chi connectivity index (χ2n) is 2.42. The summed E-state index contributed by atoms with van der Waals surface area (Å²) in [4.78, 5) is 10.6. The Kier molecular flexibility index (Phi) is 3.27. The highest BCUT2D eigenvalue weighted by molar-refractivity contribution is 9.11. The van der Waals surface area contributed by atoms with E-state index in [1.807, 2.05) is 5.38 Å². The number of carbonyl (C=O) groups is 1. The predicted molar refractivity (Wildman–Crippen MR) is 51.0 cm³/mol. The lowest BCUT2D eigenvalue weighted by atomic mass is 10.1. The summed E-state index contributed by atoms with van der Waals surface area (Å²) in [7, 11) is 0. The molecule has 1 heterocycles. The first kappa shape index (κ1) is 8.94. The minimum absolute atomic E-state index is 0.253. The van der Waals surface area contributed by atoms with Crippen molar-refractivity contribution in [1.82, 2.24) is 0 Å².